The molecular formula is C23H19N5O2. The van der Waals surface area contributed by atoms with Gasteiger partial charge in [-0.3, -0.25) is 9.48 Å². The van der Waals surface area contributed by atoms with Gasteiger partial charge in [-0.05, 0) is 41.1 Å². The fourth-order valence-corrected chi connectivity index (χ4v) is 3.73. The molecule has 0 aliphatic rings. The maximum Gasteiger partial charge on any atom is 0.268 e. The molecule has 0 aliphatic carbocycles. The summed E-state index contributed by atoms with van der Waals surface area (Å²) in [5, 5.41) is 6.82. The van der Waals surface area contributed by atoms with Crippen LogP contribution in [0.25, 0.3) is 27.6 Å². The van der Waals surface area contributed by atoms with Gasteiger partial charge in [-0.1, -0.05) is 36.4 Å². The Bertz CT molecular complexity index is 1430. The summed E-state index contributed by atoms with van der Waals surface area (Å²) >= 11 is 0. The maximum atomic E-state index is 13.3. The van der Waals surface area contributed by atoms with Crippen LogP contribution < -0.4 is 10.3 Å². The van der Waals surface area contributed by atoms with Crippen molar-refractivity contribution in [3.05, 3.63) is 88.7 Å². The number of methoxy groups -OCH3 is 1. The first-order valence-electron chi connectivity index (χ1n) is 9.55. The molecule has 2 aromatic heterocycles. The van der Waals surface area contributed by atoms with Gasteiger partial charge in [-0.2, -0.15) is 4.98 Å². The van der Waals surface area contributed by atoms with Gasteiger partial charge in [0.05, 0.1) is 18.0 Å². The van der Waals surface area contributed by atoms with Crippen molar-refractivity contribution in [3.8, 4) is 11.7 Å². The van der Waals surface area contributed by atoms with Crippen LogP contribution in [0.3, 0.4) is 0 Å². The van der Waals surface area contributed by atoms with Crippen LogP contribution in [0, 0.1) is 0 Å². The van der Waals surface area contributed by atoms with E-state index in [1.807, 2.05) is 48.5 Å². The molecule has 148 valence electrons. The monoisotopic (exact) mass is 397 g/mol. The number of hydrogen-bond donors (Lipinski definition) is 0. The molecule has 0 bridgehead atoms. The average molecular weight is 397 g/mol. The fraction of sp³-hybridized carbons (Fsp3) is 0.130. The van der Waals surface area contributed by atoms with E-state index in [0.717, 1.165) is 27.6 Å². The number of aryl methyl sites for hydroxylation is 1. The number of fused-ring (bicyclic) bond motifs is 3. The summed E-state index contributed by atoms with van der Waals surface area (Å²) < 4.78 is 8.19. The van der Waals surface area contributed by atoms with Crippen molar-refractivity contribution in [2.75, 3.05) is 7.11 Å². The third-order valence-corrected chi connectivity index (χ3v) is 5.21. The molecule has 7 heteroatoms. The van der Waals surface area contributed by atoms with Crippen molar-refractivity contribution in [2.45, 2.75) is 6.42 Å². The zero-order valence-corrected chi connectivity index (χ0v) is 16.6. The predicted octanol–water partition coefficient (Wildman–Crippen LogP) is 3.27. The standard InChI is InChI=1S/C23H19N5O2/c1-27-13-25-23(26-27)28-14-24-21-19-6-4-3-5-18(19)16(12-20(21)22(28)29)11-15-7-9-17(30-2)10-8-15/h3-10,12-14H,11H2,1-2H3. The summed E-state index contributed by atoms with van der Waals surface area (Å²) in [5.41, 5.74) is 2.69. The molecule has 0 N–H and O–H groups in total. The molecule has 0 saturated heterocycles. The Kier molecular flexibility index (Phi) is 4.28. The van der Waals surface area contributed by atoms with E-state index < -0.39 is 0 Å². The Hall–Kier alpha value is -4.00. The second kappa shape index (κ2) is 7.11. The van der Waals surface area contributed by atoms with Crippen LogP contribution in [0.2, 0.25) is 0 Å². The molecular weight excluding hydrogens is 378 g/mol. The SMILES string of the molecule is COc1ccc(Cc2cc3c(=O)n(-c4ncn(C)n4)cnc3c3ccccc23)cc1. The highest BCUT2D eigenvalue weighted by Crippen LogP contribution is 2.28. The van der Waals surface area contributed by atoms with E-state index in [9.17, 15) is 4.79 Å². The van der Waals surface area contributed by atoms with Gasteiger partial charge in [0.15, 0.2) is 0 Å². The molecule has 2 heterocycles. The topological polar surface area (TPSA) is 74.8 Å². The van der Waals surface area contributed by atoms with Crippen molar-refractivity contribution < 1.29 is 4.74 Å². The van der Waals surface area contributed by atoms with Crippen LogP contribution in [-0.4, -0.2) is 31.4 Å². The Morgan fingerprint density at radius 1 is 0.933 bits per heavy atom. The van der Waals surface area contributed by atoms with Gasteiger partial charge in [0.25, 0.3) is 11.5 Å². The van der Waals surface area contributed by atoms with Gasteiger partial charge in [-0.25, -0.2) is 9.55 Å². The van der Waals surface area contributed by atoms with E-state index in [1.165, 1.54) is 10.9 Å². The lowest BCUT2D eigenvalue weighted by Gasteiger charge is -2.11. The lowest BCUT2D eigenvalue weighted by Crippen LogP contribution is -2.20. The Morgan fingerprint density at radius 3 is 2.40 bits per heavy atom. The van der Waals surface area contributed by atoms with Crippen molar-refractivity contribution in [3.63, 3.8) is 0 Å². The fourth-order valence-electron chi connectivity index (χ4n) is 3.73. The molecule has 0 amide bonds. The lowest BCUT2D eigenvalue weighted by atomic mass is 9.96. The van der Waals surface area contributed by atoms with Crippen molar-refractivity contribution in [1.82, 2.24) is 24.3 Å². The van der Waals surface area contributed by atoms with Crippen LogP contribution >= 0.6 is 0 Å². The Morgan fingerprint density at radius 2 is 1.70 bits per heavy atom. The summed E-state index contributed by atoms with van der Waals surface area (Å²) in [4.78, 5) is 22.1. The van der Waals surface area contributed by atoms with Gasteiger partial charge >= 0.3 is 0 Å². The van der Waals surface area contributed by atoms with Crippen molar-refractivity contribution >= 4 is 21.7 Å². The third-order valence-electron chi connectivity index (χ3n) is 5.21. The lowest BCUT2D eigenvalue weighted by molar-refractivity contribution is 0.414. The number of hydrogen-bond acceptors (Lipinski definition) is 5. The molecule has 0 atom stereocenters. The second-order valence-electron chi connectivity index (χ2n) is 7.14. The summed E-state index contributed by atoms with van der Waals surface area (Å²) in [5.74, 6) is 1.12. The minimum Gasteiger partial charge on any atom is -0.497 e. The first kappa shape index (κ1) is 18.1. The van der Waals surface area contributed by atoms with E-state index in [1.54, 1.807) is 25.2 Å². The first-order chi connectivity index (χ1) is 14.6. The Labute approximate surface area is 172 Å². The molecule has 30 heavy (non-hydrogen) atoms. The number of ether oxygens (including phenoxy) is 1. The molecule has 0 spiro atoms. The molecule has 0 fully saturated rings. The van der Waals surface area contributed by atoms with Gasteiger partial charge in [0.1, 0.15) is 18.4 Å². The quantitative estimate of drug-likeness (QED) is 0.435. The van der Waals surface area contributed by atoms with E-state index >= 15 is 0 Å². The maximum absolute atomic E-state index is 13.3. The minimum atomic E-state index is -0.187. The van der Waals surface area contributed by atoms with Crippen LogP contribution in [0.4, 0.5) is 0 Å². The molecule has 3 aromatic carbocycles. The van der Waals surface area contributed by atoms with Crippen molar-refractivity contribution in [2.24, 2.45) is 7.05 Å². The van der Waals surface area contributed by atoms with E-state index in [-0.39, 0.29) is 5.56 Å². The summed E-state index contributed by atoms with van der Waals surface area (Å²) in [7, 11) is 3.41. The van der Waals surface area contributed by atoms with Gasteiger partial charge in [0.2, 0.25) is 0 Å². The largest absolute Gasteiger partial charge is 0.497 e. The minimum absolute atomic E-state index is 0.187. The normalized spacial score (nSPS) is 11.3. The highest BCUT2D eigenvalue weighted by atomic mass is 16.5. The Balaban J connectivity index is 1.72. The summed E-state index contributed by atoms with van der Waals surface area (Å²) in [6, 6.07) is 18.0. The zero-order valence-electron chi connectivity index (χ0n) is 16.6. The van der Waals surface area contributed by atoms with E-state index in [2.05, 4.69) is 21.1 Å². The molecule has 0 saturated carbocycles. The predicted molar refractivity (Wildman–Crippen MR) is 115 cm³/mol. The zero-order chi connectivity index (χ0) is 20.7. The average Bonchev–Trinajstić information content (AvgIpc) is 3.21. The summed E-state index contributed by atoms with van der Waals surface area (Å²) in [6.45, 7) is 0. The number of nitrogens with zero attached hydrogens (tertiary/aromatic N) is 5. The van der Waals surface area contributed by atoms with Gasteiger partial charge in [-0.15, -0.1) is 5.10 Å². The first-order valence-corrected chi connectivity index (χ1v) is 9.55. The summed E-state index contributed by atoms with van der Waals surface area (Å²) in [6.07, 6.45) is 3.74. The molecule has 0 aliphatic heterocycles. The van der Waals surface area contributed by atoms with Gasteiger partial charge in [0, 0.05) is 12.4 Å². The van der Waals surface area contributed by atoms with E-state index in [0.29, 0.717) is 23.3 Å². The van der Waals surface area contributed by atoms with Crippen LogP contribution in [0.5, 0.6) is 5.75 Å². The van der Waals surface area contributed by atoms with Crippen LogP contribution in [0.15, 0.2) is 72.0 Å². The number of benzene rings is 3. The number of rotatable bonds is 4. The highest BCUT2D eigenvalue weighted by Gasteiger charge is 2.14. The number of aromatic nitrogens is 5. The van der Waals surface area contributed by atoms with Gasteiger partial charge < -0.3 is 4.74 Å². The molecule has 0 unspecified atom stereocenters. The smallest absolute Gasteiger partial charge is 0.268 e. The second-order valence-corrected chi connectivity index (χ2v) is 7.14. The molecule has 7 nitrogen and oxygen atoms in total. The highest BCUT2D eigenvalue weighted by molar-refractivity contribution is 6.06. The van der Waals surface area contributed by atoms with Crippen LogP contribution in [-0.2, 0) is 13.5 Å². The third kappa shape index (κ3) is 3.00. The van der Waals surface area contributed by atoms with E-state index in [4.69, 9.17) is 4.74 Å². The molecule has 5 rings (SSSR count). The van der Waals surface area contributed by atoms with Crippen molar-refractivity contribution in [1.29, 1.82) is 0 Å². The molecule has 0 radical (unpaired) electrons. The molecule has 5 aromatic rings. The van der Waals surface area contributed by atoms with Crippen LogP contribution in [0.1, 0.15) is 11.1 Å².